The predicted molar refractivity (Wildman–Crippen MR) is 122 cm³/mol. The third-order valence-electron chi connectivity index (χ3n) is 5.78. The van der Waals surface area contributed by atoms with Crippen LogP contribution in [0, 0.1) is 5.92 Å². The van der Waals surface area contributed by atoms with Crippen LogP contribution in [0.1, 0.15) is 48.7 Å². The van der Waals surface area contributed by atoms with E-state index in [1.807, 2.05) is 54.6 Å². The molecule has 6 nitrogen and oxygen atoms in total. The van der Waals surface area contributed by atoms with Crippen molar-refractivity contribution in [2.75, 3.05) is 26.7 Å². The molecule has 1 aliphatic heterocycles. The zero-order valence-corrected chi connectivity index (χ0v) is 18.6. The molecule has 2 N–H and O–H groups in total. The molecule has 1 saturated heterocycles. The number of benzene rings is 2. The maximum Gasteiger partial charge on any atom is 0.251 e. The molecule has 0 aromatic heterocycles. The molecule has 2 amide bonds. The van der Waals surface area contributed by atoms with Gasteiger partial charge in [-0.3, -0.25) is 14.5 Å². The van der Waals surface area contributed by atoms with E-state index >= 15 is 0 Å². The van der Waals surface area contributed by atoms with E-state index in [0.29, 0.717) is 12.1 Å². The van der Waals surface area contributed by atoms with Crippen molar-refractivity contribution in [2.24, 2.45) is 5.92 Å². The molecule has 1 aliphatic rings. The quantitative estimate of drug-likeness (QED) is 0.683. The molecule has 1 fully saturated rings. The second-order valence-corrected chi connectivity index (χ2v) is 8.45. The molecule has 0 spiro atoms. The van der Waals surface area contributed by atoms with Gasteiger partial charge in [-0.2, -0.15) is 0 Å². The van der Waals surface area contributed by atoms with Gasteiger partial charge in [-0.15, -0.1) is 0 Å². The van der Waals surface area contributed by atoms with E-state index in [4.69, 9.17) is 4.74 Å². The van der Waals surface area contributed by atoms with E-state index in [0.717, 1.165) is 37.2 Å². The Balaban J connectivity index is 1.46. The molecule has 1 heterocycles. The molecule has 2 aromatic rings. The standard InChI is InChI=1S/C25H33N3O3/c1-18(2)24(19-9-11-22(31-3)12-10-19)27-23(29)17-28-15-13-21(14-16-28)26-25(30)20-7-5-4-6-8-20/h4-12,18,21,24H,13-17H2,1-3H3,(H,26,30)(H,27,29). The van der Waals surface area contributed by atoms with E-state index in [1.54, 1.807) is 7.11 Å². The SMILES string of the molecule is COc1ccc(C(NC(=O)CN2CCC(NC(=O)c3ccccc3)CC2)C(C)C)cc1. The third-order valence-corrected chi connectivity index (χ3v) is 5.78. The minimum atomic E-state index is -0.0406. The van der Waals surface area contributed by atoms with Crippen LogP contribution in [0.4, 0.5) is 0 Å². The summed E-state index contributed by atoms with van der Waals surface area (Å²) in [5.41, 5.74) is 1.76. The number of likely N-dealkylation sites (tertiary alicyclic amines) is 1. The summed E-state index contributed by atoms with van der Waals surface area (Å²) in [6, 6.07) is 17.2. The molecular weight excluding hydrogens is 390 g/mol. The first kappa shape index (κ1) is 22.8. The first-order valence-corrected chi connectivity index (χ1v) is 11.0. The van der Waals surface area contributed by atoms with Gasteiger partial charge in [0.1, 0.15) is 5.75 Å². The Kier molecular flexibility index (Phi) is 8.06. The number of piperidine rings is 1. The molecule has 1 unspecified atom stereocenters. The minimum Gasteiger partial charge on any atom is -0.497 e. The number of hydrogen-bond acceptors (Lipinski definition) is 4. The zero-order chi connectivity index (χ0) is 22.2. The molecule has 2 aromatic carbocycles. The van der Waals surface area contributed by atoms with Gasteiger partial charge >= 0.3 is 0 Å². The van der Waals surface area contributed by atoms with E-state index in [-0.39, 0.29) is 29.8 Å². The van der Waals surface area contributed by atoms with Crippen LogP contribution in [0.5, 0.6) is 5.75 Å². The Bertz CT molecular complexity index is 844. The first-order valence-electron chi connectivity index (χ1n) is 11.0. The van der Waals surface area contributed by atoms with Crippen molar-refractivity contribution in [3.05, 3.63) is 65.7 Å². The number of methoxy groups -OCH3 is 1. The fourth-order valence-corrected chi connectivity index (χ4v) is 3.96. The van der Waals surface area contributed by atoms with Gasteiger partial charge < -0.3 is 15.4 Å². The largest absolute Gasteiger partial charge is 0.497 e. The van der Waals surface area contributed by atoms with Gasteiger partial charge in [0, 0.05) is 24.7 Å². The van der Waals surface area contributed by atoms with Crippen molar-refractivity contribution in [3.63, 3.8) is 0 Å². The van der Waals surface area contributed by atoms with Crippen molar-refractivity contribution in [1.82, 2.24) is 15.5 Å². The average Bonchev–Trinajstić information content (AvgIpc) is 2.79. The summed E-state index contributed by atoms with van der Waals surface area (Å²) >= 11 is 0. The lowest BCUT2D eigenvalue weighted by atomic mass is 9.96. The first-order chi connectivity index (χ1) is 15.0. The second-order valence-electron chi connectivity index (χ2n) is 8.45. The molecule has 166 valence electrons. The number of hydrogen-bond donors (Lipinski definition) is 2. The van der Waals surface area contributed by atoms with Gasteiger partial charge in [0.15, 0.2) is 0 Å². The molecule has 0 saturated carbocycles. The molecule has 31 heavy (non-hydrogen) atoms. The number of nitrogens with zero attached hydrogens (tertiary/aromatic N) is 1. The number of ether oxygens (including phenoxy) is 1. The summed E-state index contributed by atoms with van der Waals surface area (Å²) in [5.74, 6) is 1.08. The Morgan fingerprint density at radius 1 is 1.03 bits per heavy atom. The Morgan fingerprint density at radius 3 is 2.26 bits per heavy atom. The summed E-state index contributed by atoms with van der Waals surface area (Å²) in [6.45, 7) is 6.18. The van der Waals surface area contributed by atoms with Crippen molar-refractivity contribution in [1.29, 1.82) is 0 Å². The predicted octanol–water partition coefficient (Wildman–Crippen LogP) is 3.40. The second kappa shape index (κ2) is 11.0. The van der Waals surface area contributed by atoms with Crippen LogP contribution in [0.25, 0.3) is 0 Å². The number of carbonyl (C=O) groups is 2. The van der Waals surface area contributed by atoms with Gasteiger partial charge in [-0.25, -0.2) is 0 Å². The summed E-state index contributed by atoms with van der Waals surface area (Å²) in [5, 5.41) is 6.30. The molecule has 0 radical (unpaired) electrons. The smallest absolute Gasteiger partial charge is 0.251 e. The molecule has 6 heteroatoms. The van der Waals surface area contributed by atoms with Gasteiger partial charge in [-0.05, 0) is 48.6 Å². The lowest BCUT2D eigenvalue weighted by molar-refractivity contribution is -0.123. The van der Waals surface area contributed by atoms with E-state index < -0.39 is 0 Å². The van der Waals surface area contributed by atoms with Gasteiger partial charge in [-0.1, -0.05) is 44.2 Å². The number of nitrogens with one attached hydrogen (secondary N) is 2. The van der Waals surface area contributed by atoms with Crippen LogP contribution in [0.3, 0.4) is 0 Å². The highest BCUT2D eigenvalue weighted by Gasteiger charge is 2.24. The molecule has 0 aliphatic carbocycles. The van der Waals surface area contributed by atoms with Crippen LogP contribution in [-0.4, -0.2) is 49.5 Å². The Hall–Kier alpha value is -2.86. The lowest BCUT2D eigenvalue weighted by Crippen LogP contribution is -2.48. The number of amides is 2. The maximum atomic E-state index is 12.7. The molecule has 1 atom stereocenters. The summed E-state index contributed by atoms with van der Waals surface area (Å²) in [4.78, 5) is 27.2. The molecular formula is C25H33N3O3. The maximum absolute atomic E-state index is 12.7. The van der Waals surface area contributed by atoms with Crippen LogP contribution in [-0.2, 0) is 4.79 Å². The third kappa shape index (κ3) is 6.56. The lowest BCUT2D eigenvalue weighted by Gasteiger charge is -2.32. The Labute approximate surface area is 185 Å². The summed E-state index contributed by atoms with van der Waals surface area (Å²) in [7, 11) is 1.65. The van der Waals surface area contributed by atoms with Crippen LogP contribution in [0.15, 0.2) is 54.6 Å². The van der Waals surface area contributed by atoms with Crippen LogP contribution in [0.2, 0.25) is 0 Å². The Morgan fingerprint density at radius 2 is 1.68 bits per heavy atom. The summed E-state index contributed by atoms with van der Waals surface area (Å²) < 4.78 is 5.23. The van der Waals surface area contributed by atoms with Gasteiger partial charge in [0.25, 0.3) is 5.91 Å². The van der Waals surface area contributed by atoms with Crippen LogP contribution >= 0.6 is 0 Å². The molecule has 0 bridgehead atoms. The summed E-state index contributed by atoms with van der Waals surface area (Å²) in [6.07, 6.45) is 1.69. The van der Waals surface area contributed by atoms with E-state index in [1.165, 1.54) is 0 Å². The van der Waals surface area contributed by atoms with Gasteiger partial charge in [0.05, 0.1) is 19.7 Å². The van der Waals surface area contributed by atoms with Crippen molar-refractivity contribution in [3.8, 4) is 5.75 Å². The average molecular weight is 424 g/mol. The fraction of sp³-hybridized carbons (Fsp3) is 0.440. The highest BCUT2D eigenvalue weighted by Crippen LogP contribution is 2.24. The minimum absolute atomic E-state index is 0.0290. The number of rotatable bonds is 8. The van der Waals surface area contributed by atoms with E-state index in [2.05, 4.69) is 29.4 Å². The number of carbonyl (C=O) groups excluding carboxylic acids is 2. The highest BCUT2D eigenvalue weighted by atomic mass is 16.5. The van der Waals surface area contributed by atoms with Crippen LogP contribution < -0.4 is 15.4 Å². The zero-order valence-electron chi connectivity index (χ0n) is 18.6. The van der Waals surface area contributed by atoms with Crippen molar-refractivity contribution < 1.29 is 14.3 Å². The topological polar surface area (TPSA) is 70.7 Å². The highest BCUT2D eigenvalue weighted by molar-refractivity contribution is 5.94. The van der Waals surface area contributed by atoms with Gasteiger partial charge in [0.2, 0.25) is 5.91 Å². The monoisotopic (exact) mass is 423 g/mol. The fourth-order valence-electron chi connectivity index (χ4n) is 3.96. The van der Waals surface area contributed by atoms with Crippen molar-refractivity contribution >= 4 is 11.8 Å². The molecule has 3 rings (SSSR count). The van der Waals surface area contributed by atoms with E-state index in [9.17, 15) is 9.59 Å². The normalized spacial score (nSPS) is 16.0. The van der Waals surface area contributed by atoms with Crippen molar-refractivity contribution in [2.45, 2.75) is 38.8 Å².